The molecule has 1 atom stereocenters. The minimum Gasteiger partial charge on any atom is -0.298 e. The molecule has 0 saturated heterocycles. The van der Waals surface area contributed by atoms with E-state index in [0.29, 0.717) is 6.42 Å². The lowest BCUT2D eigenvalue weighted by Crippen LogP contribution is -2.32. The molecule has 0 aromatic heterocycles. The quantitative estimate of drug-likeness (QED) is 0.704. The first kappa shape index (κ1) is 14.8. The first-order chi connectivity index (χ1) is 8.67. The molecule has 3 heteroatoms. The first-order valence-corrected chi connectivity index (χ1v) is 7.38. The number of hydrogen-bond acceptors (Lipinski definition) is 3. The molecule has 96 valence electrons. The molecule has 0 heterocycles. The molecule has 1 aromatic carbocycles. The summed E-state index contributed by atoms with van der Waals surface area (Å²) >= 11 is 1.85. The van der Waals surface area contributed by atoms with Gasteiger partial charge in [0.05, 0.1) is 6.07 Å². The van der Waals surface area contributed by atoms with Gasteiger partial charge >= 0.3 is 0 Å². The Morgan fingerprint density at radius 1 is 1.39 bits per heavy atom. The number of nitriles is 1. The van der Waals surface area contributed by atoms with Crippen LogP contribution in [-0.2, 0) is 10.2 Å². The van der Waals surface area contributed by atoms with Crippen molar-refractivity contribution in [1.29, 1.82) is 5.26 Å². The lowest BCUT2D eigenvalue weighted by atomic mass is 9.75. The van der Waals surface area contributed by atoms with Crippen molar-refractivity contribution in [3.63, 3.8) is 0 Å². The standard InChI is InChI=1S/C15H19NOS/c1-3-18-11-7-10-15(12-16,13(2)17)14-8-5-4-6-9-14/h4-6,8-9H,3,7,10-11H2,1-2H3. The molecule has 0 aliphatic carbocycles. The third-order valence-electron chi connectivity index (χ3n) is 3.10. The molecule has 0 amide bonds. The molecule has 1 unspecified atom stereocenters. The van der Waals surface area contributed by atoms with Crippen LogP contribution in [0.15, 0.2) is 30.3 Å². The first-order valence-electron chi connectivity index (χ1n) is 6.23. The minimum atomic E-state index is -0.963. The lowest BCUT2D eigenvalue weighted by Gasteiger charge is -2.24. The van der Waals surface area contributed by atoms with Gasteiger partial charge in [0, 0.05) is 0 Å². The molecular weight excluding hydrogens is 242 g/mol. The van der Waals surface area contributed by atoms with Gasteiger partial charge in [0.2, 0.25) is 0 Å². The fourth-order valence-electron chi connectivity index (χ4n) is 2.03. The van der Waals surface area contributed by atoms with Gasteiger partial charge in [-0.3, -0.25) is 4.79 Å². The Hall–Kier alpha value is -1.27. The van der Waals surface area contributed by atoms with Crippen molar-refractivity contribution in [2.45, 2.75) is 32.1 Å². The van der Waals surface area contributed by atoms with Gasteiger partial charge in [0.1, 0.15) is 5.41 Å². The van der Waals surface area contributed by atoms with E-state index in [4.69, 9.17) is 0 Å². The smallest absolute Gasteiger partial charge is 0.154 e. The Kier molecular flexibility index (Phi) is 5.94. The molecule has 0 radical (unpaired) electrons. The number of thioether (sulfide) groups is 1. The Labute approximate surface area is 113 Å². The summed E-state index contributed by atoms with van der Waals surface area (Å²) in [5.74, 6) is 2.02. The van der Waals surface area contributed by atoms with Crippen LogP contribution >= 0.6 is 11.8 Å². The van der Waals surface area contributed by atoms with Gasteiger partial charge in [-0.15, -0.1) is 0 Å². The highest BCUT2D eigenvalue weighted by Crippen LogP contribution is 2.30. The summed E-state index contributed by atoms with van der Waals surface area (Å²) in [5, 5.41) is 9.48. The van der Waals surface area contributed by atoms with Crippen molar-refractivity contribution < 1.29 is 4.79 Å². The second kappa shape index (κ2) is 7.23. The number of ketones is 1. The fourth-order valence-corrected chi connectivity index (χ4v) is 2.67. The van der Waals surface area contributed by atoms with Gasteiger partial charge in [0.15, 0.2) is 5.78 Å². The van der Waals surface area contributed by atoms with Gasteiger partial charge in [-0.2, -0.15) is 17.0 Å². The highest BCUT2D eigenvalue weighted by Gasteiger charge is 2.36. The van der Waals surface area contributed by atoms with Crippen molar-refractivity contribution in [3.05, 3.63) is 35.9 Å². The van der Waals surface area contributed by atoms with Gasteiger partial charge in [-0.1, -0.05) is 37.3 Å². The van der Waals surface area contributed by atoms with Gasteiger partial charge in [-0.25, -0.2) is 0 Å². The van der Waals surface area contributed by atoms with E-state index in [1.165, 1.54) is 6.92 Å². The number of rotatable bonds is 7. The summed E-state index contributed by atoms with van der Waals surface area (Å²) in [7, 11) is 0. The number of carbonyl (C=O) groups excluding carboxylic acids is 1. The minimum absolute atomic E-state index is 0.0577. The van der Waals surface area contributed by atoms with Crippen molar-refractivity contribution in [1.82, 2.24) is 0 Å². The molecule has 0 spiro atoms. The normalized spacial score (nSPS) is 13.6. The number of nitrogens with zero attached hydrogens (tertiary/aromatic N) is 1. The van der Waals surface area contributed by atoms with E-state index in [2.05, 4.69) is 13.0 Å². The van der Waals surface area contributed by atoms with Crippen LogP contribution in [0.4, 0.5) is 0 Å². The maximum Gasteiger partial charge on any atom is 0.154 e. The van der Waals surface area contributed by atoms with E-state index < -0.39 is 5.41 Å². The van der Waals surface area contributed by atoms with Gasteiger partial charge < -0.3 is 0 Å². The summed E-state index contributed by atoms with van der Waals surface area (Å²) in [6.45, 7) is 3.63. The monoisotopic (exact) mass is 261 g/mol. The van der Waals surface area contributed by atoms with Crippen molar-refractivity contribution in [2.75, 3.05) is 11.5 Å². The number of Topliss-reactive ketones (excluding diaryl/α,β-unsaturated/α-hetero) is 1. The van der Waals surface area contributed by atoms with E-state index >= 15 is 0 Å². The third kappa shape index (κ3) is 3.36. The van der Waals surface area contributed by atoms with E-state index in [-0.39, 0.29) is 5.78 Å². The maximum atomic E-state index is 11.9. The fraction of sp³-hybridized carbons (Fsp3) is 0.467. The van der Waals surface area contributed by atoms with E-state index in [1.807, 2.05) is 42.1 Å². The Morgan fingerprint density at radius 2 is 2.06 bits per heavy atom. The average molecular weight is 261 g/mol. The SMILES string of the molecule is CCSCCCC(C#N)(C(C)=O)c1ccccc1. The van der Waals surface area contributed by atoms with Crippen LogP contribution in [0.25, 0.3) is 0 Å². The summed E-state index contributed by atoms with van der Waals surface area (Å²) < 4.78 is 0. The molecule has 0 aliphatic heterocycles. The van der Waals surface area contributed by atoms with Crippen LogP contribution in [0.2, 0.25) is 0 Å². The number of benzene rings is 1. The molecule has 0 N–H and O–H groups in total. The van der Waals surface area contributed by atoms with Crippen LogP contribution in [-0.4, -0.2) is 17.3 Å². The number of carbonyl (C=O) groups is 1. The third-order valence-corrected chi connectivity index (χ3v) is 4.09. The van der Waals surface area contributed by atoms with Gasteiger partial charge in [-0.05, 0) is 36.8 Å². The molecule has 1 rings (SSSR count). The lowest BCUT2D eigenvalue weighted by molar-refractivity contribution is -0.120. The zero-order valence-electron chi connectivity index (χ0n) is 11.0. The van der Waals surface area contributed by atoms with Crippen LogP contribution in [0, 0.1) is 11.3 Å². The van der Waals surface area contributed by atoms with Gasteiger partial charge in [0.25, 0.3) is 0 Å². The summed E-state index contributed by atoms with van der Waals surface area (Å²) in [4.78, 5) is 11.9. The second-order valence-corrected chi connectivity index (χ2v) is 5.63. The molecule has 1 aromatic rings. The van der Waals surface area contributed by atoms with E-state index in [0.717, 1.165) is 23.5 Å². The summed E-state index contributed by atoms with van der Waals surface area (Å²) in [6.07, 6.45) is 1.50. The molecule has 2 nitrogen and oxygen atoms in total. The molecule has 18 heavy (non-hydrogen) atoms. The summed E-state index contributed by atoms with van der Waals surface area (Å²) in [6, 6.07) is 11.7. The Bertz CT molecular complexity index is 424. The molecular formula is C15H19NOS. The predicted molar refractivity (Wildman–Crippen MR) is 76.6 cm³/mol. The largest absolute Gasteiger partial charge is 0.298 e. The zero-order chi connectivity index (χ0) is 13.4. The second-order valence-electron chi connectivity index (χ2n) is 4.24. The van der Waals surface area contributed by atoms with Crippen LogP contribution < -0.4 is 0 Å². The highest BCUT2D eigenvalue weighted by molar-refractivity contribution is 7.99. The summed E-state index contributed by atoms with van der Waals surface area (Å²) in [5.41, 5.74) is -0.142. The van der Waals surface area contributed by atoms with Crippen LogP contribution in [0.3, 0.4) is 0 Å². The van der Waals surface area contributed by atoms with Crippen LogP contribution in [0.1, 0.15) is 32.3 Å². The Morgan fingerprint density at radius 3 is 2.56 bits per heavy atom. The van der Waals surface area contributed by atoms with Crippen LogP contribution in [0.5, 0.6) is 0 Å². The topological polar surface area (TPSA) is 40.9 Å². The average Bonchev–Trinajstić information content (AvgIpc) is 2.40. The predicted octanol–water partition coefficient (Wildman–Crippen LogP) is 3.57. The van der Waals surface area contributed by atoms with E-state index in [1.54, 1.807) is 0 Å². The van der Waals surface area contributed by atoms with Crippen molar-refractivity contribution >= 4 is 17.5 Å². The highest BCUT2D eigenvalue weighted by atomic mass is 32.2. The maximum absolute atomic E-state index is 11.9. The Balaban J connectivity index is 2.90. The molecule has 0 aliphatic rings. The molecule has 0 bridgehead atoms. The van der Waals surface area contributed by atoms with Crippen molar-refractivity contribution in [2.24, 2.45) is 0 Å². The molecule has 0 fully saturated rings. The van der Waals surface area contributed by atoms with E-state index in [9.17, 15) is 10.1 Å². The zero-order valence-corrected chi connectivity index (χ0v) is 11.8. The number of hydrogen-bond donors (Lipinski definition) is 0. The van der Waals surface area contributed by atoms with Crippen molar-refractivity contribution in [3.8, 4) is 6.07 Å². The molecule has 0 saturated carbocycles.